The molecule has 1 aromatic rings. The van der Waals surface area contributed by atoms with Crippen LogP contribution in [0, 0.1) is 19.6 Å². The van der Waals surface area contributed by atoms with Crippen molar-refractivity contribution >= 4 is 34.0 Å². The van der Waals surface area contributed by atoms with Crippen LogP contribution >= 0.6 is 22.6 Å². The number of nitro benzene ring substituents is 1. The van der Waals surface area contributed by atoms with Crippen molar-refractivity contribution in [3.05, 3.63) is 31.9 Å². The Bertz CT molecular complexity index is 494. The van der Waals surface area contributed by atoms with Crippen molar-refractivity contribution in [2.45, 2.75) is 12.5 Å². The Kier molecular flexibility index (Phi) is 3.14. The first-order valence-corrected chi connectivity index (χ1v) is 7.16. The number of benzene rings is 1. The molecule has 6 heteroatoms. The third-order valence-corrected chi connectivity index (χ3v) is 4.77. The molecule has 0 spiro atoms. The maximum absolute atomic E-state index is 10.8. The van der Waals surface area contributed by atoms with Gasteiger partial charge < -0.3 is 10.2 Å². The van der Waals surface area contributed by atoms with E-state index in [2.05, 4.69) is 10.2 Å². The molecule has 2 saturated heterocycles. The van der Waals surface area contributed by atoms with Crippen LogP contribution in [0.25, 0.3) is 0 Å². The average Bonchev–Trinajstić information content (AvgIpc) is 2.89. The maximum Gasteiger partial charge on any atom is 0.282 e. The highest BCUT2D eigenvalue weighted by Crippen LogP contribution is 2.34. The molecule has 0 radical (unpaired) electrons. The van der Waals surface area contributed by atoms with E-state index >= 15 is 0 Å². The highest BCUT2D eigenvalue weighted by molar-refractivity contribution is 14.1. The first kappa shape index (κ1) is 12.2. The predicted molar refractivity (Wildman–Crippen MR) is 77.9 cm³/mol. The Morgan fingerprint density at radius 1 is 1.44 bits per heavy atom. The molecule has 2 fully saturated rings. The van der Waals surface area contributed by atoms with Gasteiger partial charge in [-0.2, -0.15) is 0 Å². The molecule has 0 saturated carbocycles. The third-order valence-electron chi connectivity index (χ3n) is 3.90. The minimum atomic E-state index is -0.324. The van der Waals surface area contributed by atoms with Gasteiger partial charge in [0.25, 0.3) is 5.69 Å². The molecule has 0 unspecified atom stereocenters. The first-order valence-electron chi connectivity index (χ1n) is 6.08. The van der Waals surface area contributed by atoms with Gasteiger partial charge in [-0.05, 0) is 47.1 Å². The number of halogens is 1. The van der Waals surface area contributed by atoms with Crippen molar-refractivity contribution in [1.82, 2.24) is 5.32 Å². The van der Waals surface area contributed by atoms with Gasteiger partial charge in [-0.25, -0.2) is 0 Å². The van der Waals surface area contributed by atoms with Crippen LogP contribution in [0.3, 0.4) is 0 Å². The lowest BCUT2D eigenvalue weighted by molar-refractivity contribution is -0.385. The minimum Gasteiger partial charge on any atom is -0.367 e. The zero-order valence-electron chi connectivity index (χ0n) is 9.80. The van der Waals surface area contributed by atoms with E-state index in [4.69, 9.17) is 0 Å². The number of nitrogens with one attached hydrogen (secondary N) is 1. The second-order valence-corrected chi connectivity index (χ2v) is 6.02. The molecule has 2 aliphatic rings. The first-order chi connectivity index (χ1) is 8.66. The molecule has 18 heavy (non-hydrogen) atoms. The average molecular weight is 359 g/mol. The predicted octanol–water partition coefficient (Wildman–Crippen LogP) is 2.00. The van der Waals surface area contributed by atoms with Gasteiger partial charge >= 0.3 is 0 Å². The number of rotatable bonds is 2. The van der Waals surface area contributed by atoms with Gasteiger partial charge in [-0.1, -0.05) is 0 Å². The molecule has 1 aromatic carbocycles. The van der Waals surface area contributed by atoms with Crippen molar-refractivity contribution in [2.24, 2.45) is 5.92 Å². The lowest BCUT2D eigenvalue weighted by atomic mass is 10.1. The second-order valence-electron chi connectivity index (χ2n) is 4.86. The van der Waals surface area contributed by atoms with E-state index < -0.39 is 0 Å². The van der Waals surface area contributed by atoms with Crippen LogP contribution in [0.2, 0.25) is 0 Å². The number of nitrogens with zero attached hydrogens (tertiary/aromatic N) is 2. The number of hydrogen-bond acceptors (Lipinski definition) is 4. The van der Waals surface area contributed by atoms with Crippen LogP contribution in [-0.4, -0.2) is 30.6 Å². The van der Waals surface area contributed by atoms with E-state index in [0.717, 1.165) is 31.2 Å². The zero-order valence-corrected chi connectivity index (χ0v) is 12.0. The van der Waals surface area contributed by atoms with Crippen LogP contribution in [0.4, 0.5) is 11.4 Å². The molecule has 0 aliphatic carbocycles. The van der Waals surface area contributed by atoms with Gasteiger partial charge in [0, 0.05) is 37.4 Å². The molecular weight excluding hydrogens is 345 g/mol. The van der Waals surface area contributed by atoms with Gasteiger partial charge in [-0.3, -0.25) is 10.1 Å². The van der Waals surface area contributed by atoms with Gasteiger partial charge in [-0.15, -0.1) is 0 Å². The van der Waals surface area contributed by atoms with Gasteiger partial charge in [0.1, 0.15) is 0 Å². The van der Waals surface area contributed by atoms with E-state index in [1.165, 1.54) is 6.42 Å². The van der Waals surface area contributed by atoms with Crippen molar-refractivity contribution < 1.29 is 4.92 Å². The minimum absolute atomic E-state index is 0.194. The molecule has 0 amide bonds. The fraction of sp³-hybridized carbons (Fsp3) is 0.500. The Hall–Kier alpha value is -0.890. The van der Waals surface area contributed by atoms with E-state index in [0.29, 0.717) is 9.61 Å². The lowest BCUT2D eigenvalue weighted by Crippen LogP contribution is -2.34. The van der Waals surface area contributed by atoms with E-state index in [1.54, 1.807) is 6.07 Å². The number of hydrogen-bond donors (Lipinski definition) is 1. The van der Waals surface area contributed by atoms with E-state index in [1.807, 2.05) is 34.7 Å². The van der Waals surface area contributed by atoms with E-state index in [9.17, 15) is 10.1 Å². The summed E-state index contributed by atoms with van der Waals surface area (Å²) < 4.78 is 0.713. The molecule has 96 valence electrons. The molecule has 0 aromatic heterocycles. The van der Waals surface area contributed by atoms with Crippen molar-refractivity contribution in [3.63, 3.8) is 0 Å². The van der Waals surface area contributed by atoms with Crippen LogP contribution < -0.4 is 10.2 Å². The molecule has 3 rings (SSSR count). The third kappa shape index (κ3) is 1.97. The summed E-state index contributed by atoms with van der Waals surface area (Å²) in [6, 6.07) is 5.98. The van der Waals surface area contributed by atoms with Crippen molar-refractivity contribution in [2.75, 3.05) is 24.5 Å². The summed E-state index contributed by atoms with van der Waals surface area (Å²) in [5.41, 5.74) is 1.31. The number of nitro groups is 1. The second kappa shape index (κ2) is 4.65. The SMILES string of the molecule is O=[N+]([O-])c1ccc(N2CC[C@H]3CNC[C@H]32)cc1I. The Morgan fingerprint density at radius 3 is 3.00 bits per heavy atom. The standard InChI is InChI=1S/C12H14IN3O2/c13-10-5-9(1-2-11(10)16(17)18)15-4-3-8-6-14-7-12(8)15/h1-2,5,8,12,14H,3-4,6-7H2/t8-,12+/m0/s1. The monoisotopic (exact) mass is 359 g/mol. The largest absolute Gasteiger partial charge is 0.367 e. The topological polar surface area (TPSA) is 58.4 Å². The summed E-state index contributed by atoms with van der Waals surface area (Å²) in [6.07, 6.45) is 1.21. The molecule has 1 N–H and O–H groups in total. The van der Waals surface area contributed by atoms with Crippen LogP contribution in [0.15, 0.2) is 18.2 Å². The van der Waals surface area contributed by atoms with Crippen LogP contribution in [0.5, 0.6) is 0 Å². The van der Waals surface area contributed by atoms with Crippen LogP contribution in [0.1, 0.15) is 6.42 Å². The molecule has 2 aliphatic heterocycles. The number of anilines is 1. The quantitative estimate of drug-likeness (QED) is 0.499. The number of fused-ring (bicyclic) bond motifs is 1. The summed E-state index contributed by atoms with van der Waals surface area (Å²) in [4.78, 5) is 12.9. The van der Waals surface area contributed by atoms with Crippen molar-refractivity contribution in [1.29, 1.82) is 0 Å². The van der Waals surface area contributed by atoms with Gasteiger partial charge in [0.2, 0.25) is 0 Å². The lowest BCUT2D eigenvalue weighted by Gasteiger charge is -2.25. The molecule has 2 atom stereocenters. The fourth-order valence-corrected chi connectivity index (χ4v) is 3.69. The van der Waals surface area contributed by atoms with Gasteiger partial charge in [0.05, 0.1) is 8.49 Å². The highest BCUT2D eigenvalue weighted by atomic mass is 127. The summed E-state index contributed by atoms with van der Waals surface area (Å²) in [5.74, 6) is 0.734. The highest BCUT2D eigenvalue weighted by Gasteiger charge is 2.37. The molecule has 5 nitrogen and oxygen atoms in total. The summed E-state index contributed by atoms with van der Waals surface area (Å²) in [6.45, 7) is 3.19. The van der Waals surface area contributed by atoms with Crippen LogP contribution in [-0.2, 0) is 0 Å². The van der Waals surface area contributed by atoms with Gasteiger partial charge in [0.15, 0.2) is 0 Å². The smallest absolute Gasteiger partial charge is 0.282 e. The zero-order chi connectivity index (χ0) is 12.7. The maximum atomic E-state index is 10.8. The molecule has 0 bridgehead atoms. The van der Waals surface area contributed by atoms with E-state index in [-0.39, 0.29) is 10.6 Å². The Morgan fingerprint density at radius 2 is 2.28 bits per heavy atom. The summed E-state index contributed by atoms with van der Waals surface area (Å²) in [7, 11) is 0. The van der Waals surface area contributed by atoms with Crippen molar-refractivity contribution in [3.8, 4) is 0 Å². The summed E-state index contributed by atoms with van der Waals surface area (Å²) >= 11 is 2.04. The normalized spacial score (nSPS) is 26.4. The molecule has 2 heterocycles. The molecular formula is C12H14IN3O2. The Balaban J connectivity index is 1.89. The fourth-order valence-electron chi connectivity index (χ4n) is 2.99. The summed E-state index contributed by atoms with van der Waals surface area (Å²) in [5, 5.41) is 14.2. The Labute approximate surface area is 119 Å².